The van der Waals surface area contributed by atoms with Crippen LogP contribution in [0.3, 0.4) is 0 Å². The molecule has 0 aliphatic rings. The van der Waals surface area contributed by atoms with E-state index in [1.54, 1.807) is 49.4 Å². The summed E-state index contributed by atoms with van der Waals surface area (Å²) in [5.41, 5.74) is 0.106. The summed E-state index contributed by atoms with van der Waals surface area (Å²) in [6.45, 7) is 2.68. The Hall–Kier alpha value is -3.77. The quantitative estimate of drug-likeness (QED) is 0.149. The summed E-state index contributed by atoms with van der Waals surface area (Å²) < 4.78 is 70.8. The summed E-state index contributed by atoms with van der Waals surface area (Å²) in [6.07, 6.45) is -4.29. The maximum atomic E-state index is 14.5. The molecular formula is C35H33Cl3F3N3O4S. The van der Waals surface area contributed by atoms with Crippen LogP contribution in [0.1, 0.15) is 35.6 Å². The highest BCUT2D eigenvalue weighted by molar-refractivity contribution is 7.92. The van der Waals surface area contributed by atoms with Gasteiger partial charge in [0.2, 0.25) is 11.8 Å². The van der Waals surface area contributed by atoms with Crippen LogP contribution in [-0.2, 0) is 38.8 Å². The molecule has 0 aromatic heterocycles. The minimum atomic E-state index is -4.92. The molecule has 7 nitrogen and oxygen atoms in total. The van der Waals surface area contributed by atoms with Gasteiger partial charge in [0.15, 0.2) is 0 Å². The number of hydrogen-bond acceptors (Lipinski definition) is 4. The van der Waals surface area contributed by atoms with E-state index >= 15 is 0 Å². The number of halogens is 6. The van der Waals surface area contributed by atoms with Crippen LogP contribution in [0.5, 0.6) is 0 Å². The van der Waals surface area contributed by atoms with E-state index in [-0.39, 0.29) is 22.9 Å². The molecule has 0 spiro atoms. The number of carbonyl (C=O) groups is 2. The number of rotatable bonds is 13. The zero-order valence-corrected chi connectivity index (χ0v) is 29.6. The third kappa shape index (κ3) is 9.69. The maximum Gasteiger partial charge on any atom is 0.417 e. The number of nitrogens with zero attached hydrogens (tertiary/aromatic N) is 2. The molecule has 0 radical (unpaired) electrons. The van der Waals surface area contributed by atoms with Crippen LogP contribution in [0.4, 0.5) is 18.9 Å². The van der Waals surface area contributed by atoms with Gasteiger partial charge >= 0.3 is 6.18 Å². The Bertz CT molecular complexity index is 1890. The van der Waals surface area contributed by atoms with E-state index in [0.717, 1.165) is 17.7 Å². The average molecular weight is 755 g/mol. The molecule has 49 heavy (non-hydrogen) atoms. The topological polar surface area (TPSA) is 86.8 Å². The van der Waals surface area contributed by atoms with Crippen LogP contribution < -0.4 is 9.62 Å². The SMILES string of the molecule is CCCNC(=O)C(Cc1ccccc1)N(Cc1ccc(Cl)cc1Cl)C(=O)CN(c1ccc(Cl)c(C(F)(F)F)c1)S(=O)(=O)c1ccc(C)cc1. The molecule has 14 heteroatoms. The lowest BCUT2D eigenvalue weighted by Crippen LogP contribution is -2.53. The fourth-order valence-electron chi connectivity index (χ4n) is 5.01. The first-order chi connectivity index (χ1) is 23.1. The first kappa shape index (κ1) is 38.0. The van der Waals surface area contributed by atoms with Gasteiger partial charge in [0, 0.05) is 29.6 Å². The van der Waals surface area contributed by atoms with E-state index in [9.17, 15) is 31.2 Å². The number of hydrogen-bond donors (Lipinski definition) is 1. The van der Waals surface area contributed by atoms with E-state index in [2.05, 4.69) is 5.32 Å². The Morgan fingerprint density at radius 2 is 1.55 bits per heavy atom. The van der Waals surface area contributed by atoms with Crippen molar-refractivity contribution in [3.63, 3.8) is 0 Å². The highest BCUT2D eigenvalue weighted by Gasteiger charge is 2.38. The highest BCUT2D eigenvalue weighted by Crippen LogP contribution is 2.38. The summed E-state index contributed by atoms with van der Waals surface area (Å²) in [6, 6.07) is 20.5. The van der Waals surface area contributed by atoms with E-state index in [1.165, 1.54) is 35.2 Å². The molecule has 0 aliphatic carbocycles. The van der Waals surface area contributed by atoms with Crippen LogP contribution >= 0.6 is 34.8 Å². The standard InChI is InChI=1S/C35H33Cl3F3N3O4S/c1-3-17-42-34(46)32(18-24-7-5-4-6-8-24)43(21-25-11-12-26(36)19-31(25)38)33(45)22-44(49(47,48)28-14-9-23(2)10-15-28)27-13-16-30(37)29(20-27)35(39,40)41/h4-16,19-20,32H,3,17-18,21-22H2,1-2H3,(H,42,46). The van der Waals surface area contributed by atoms with Crippen LogP contribution in [0, 0.1) is 6.92 Å². The predicted octanol–water partition coefficient (Wildman–Crippen LogP) is 8.34. The van der Waals surface area contributed by atoms with Crippen LogP contribution in [-0.4, -0.2) is 44.3 Å². The smallest absolute Gasteiger partial charge is 0.354 e. The van der Waals surface area contributed by atoms with Crippen molar-refractivity contribution in [1.29, 1.82) is 0 Å². The van der Waals surface area contributed by atoms with Gasteiger partial charge in [0.25, 0.3) is 10.0 Å². The van der Waals surface area contributed by atoms with Gasteiger partial charge < -0.3 is 10.2 Å². The molecule has 0 saturated heterocycles. The molecule has 0 heterocycles. The lowest BCUT2D eigenvalue weighted by atomic mass is 10.0. The van der Waals surface area contributed by atoms with Crippen molar-refractivity contribution < 1.29 is 31.2 Å². The van der Waals surface area contributed by atoms with Crippen LogP contribution in [0.25, 0.3) is 0 Å². The van der Waals surface area contributed by atoms with Crippen LogP contribution in [0.2, 0.25) is 15.1 Å². The molecule has 1 N–H and O–H groups in total. The van der Waals surface area contributed by atoms with Gasteiger partial charge in [-0.3, -0.25) is 13.9 Å². The van der Waals surface area contributed by atoms with Crippen molar-refractivity contribution in [2.24, 2.45) is 0 Å². The number of benzene rings is 4. The molecule has 2 amide bonds. The van der Waals surface area contributed by atoms with Crippen molar-refractivity contribution in [1.82, 2.24) is 10.2 Å². The first-order valence-electron chi connectivity index (χ1n) is 15.1. The summed E-state index contributed by atoms with van der Waals surface area (Å²) in [7, 11) is -4.65. The van der Waals surface area contributed by atoms with Gasteiger partial charge in [-0.15, -0.1) is 0 Å². The van der Waals surface area contributed by atoms with Gasteiger partial charge in [-0.1, -0.05) is 95.8 Å². The molecule has 0 fully saturated rings. The number of aryl methyl sites for hydroxylation is 1. The Morgan fingerprint density at radius 1 is 0.878 bits per heavy atom. The molecule has 4 rings (SSSR count). The number of anilines is 1. The summed E-state index contributed by atoms with van der Waals surface area (Å²) in [5.74, 6) is -1.39. The number of sulfonamides is 1. The second-order valence-corrected chi connectivity index (χ2v) is 14.4. The van der Waals surface area contributed by atoms with Gasteiger partial charge in [0.05, 0.1) is 21.2 Å². The zero-order valence-electron chi connectivity index (χ0n) is 26.5. The average Bonchev–Trinajstić information content (AvgIpc) is 3.05. The van der Waals surface area contributed by atoms with Crippen molar-refractivity contribution in [2.45, 2.75) is 50.3 Å². The Morgan fingerprint density at radius 3 is 2.16 bits per heavy atom. The highest BCUT2D eigenvalue weighted by atomic mass is 35.5. The second-order valence-electron chi connectivity index (χ2n) is 11.2. The van der Waals surface area contributed by atoms with E-state index < -0.39 is 56.9 Å². The van der Waals surface area contributed by atoms with E-state index in [0.29, 0.717) is 39.5 Å². The van der Waals surface area contributed by atoms with E-state index in [4.69, 9.17) is 34.8 Å². The molecule has 260 valence electrons. The Labute approximate surface area is 298 Å². The third-order valence-corrected chi connectivity index (χ3v) is 10.3. The van der Waals surface area contributed by atoms with Crippen molar-refractivity contribution in [3.05, 3.63) is 128 Å². The normalized spacial score (nSPS) is 12.3. The van der Waals surface area contributed by atoms with Gasteiger partial charge in [-0.2, -0.15) is 13.2 Å². The number of nitrogens with one attached hydrogen (secondary N) is 1. The van der Waals surface area contributed by atoms with Gasteiger partial charge in [-0.25, -0.2) is 8.42 Å². The maximum absolute atomic E-state index is 14.5. The van der Waals surface area contributed by atoms with Crippen molar-refractivity contribution in [3.8, 4) is 0 Å². The summed E-state index contributed by atoms with van der Waals surface area (Å²) in [5, 5.41) is 2.68. The zero-order chi connectivity index (χ0) is 35.9. The molecule has 0 aliphatic heterocycles. The van der Waals surface area contributed by atoms with Gasteiger partial charge in [0.1, 0.15) is 12.6 Å². The van der Waals surface area contributed by atoms with Crippen LogP contribution in [0.15, 0.2) is 95.9 Å². The number of amides is 2. The summed E-state index contributed by atoms with van der Waals surface area (Å²) in [4.78, 5) is 29.2. The Kier molecular flexibility index (Phi) is 12.6. The predicted molar refractivity (Wildman–Crippen MR) is 186 cm³/mol. The molecular weight excluding hydrogens is 722 g/mol. The molecule has 4 aromatic carbocycles. The number of carbonyl (C=O) groups excluding carboxylic acids is 2. The largest absolute Gasteiger partial charge is 0.417 e. The molecule has 4 aromatic rings. The fourth-order valence-corrected chi connectivity index (χ4v) is 7.10. The monoisotopic (exact) mass is 753 g/mol. The minimum Gasteiger partial charge on any atom is -0.354 e. The van der Waals surface area contributed by atoms with Crippen molar-refractivity contribution in [2.75, 3.05) is 17.4 Å². The van der Waals surface area contributed by atoms with Crippen molar-refractivity contribution >= 4 is 62.3 Å². The fraction of sp³-hybridized carbons (Fsp3) is 0.257. The van der Waals surface area contributed by atoms with Gasteiger partial charge in [-0.05, 0) is 66.9 Å². The third-order valence-electron chi connectivity index (χ3n) is 7.61. The Balaban J connectivity index is 1.88. The lowest BCUT2D eigenvalue weighted by Gasteiger charge is -2.34. The second kappa shape index (κ2) is 16.3. The molecule has 1 atom stereocenters. The first-order valence-corrected chi connectivity index (χ1v) is 17.7. The lowest BCUT2D eigenvalue weighted by molar-refractivity contribution is -0.140. The summed E-state index contributed by atoms with van der Waals surface area (Å²) >= 11 is 18.5. The molecule has 1 unspecified atom stereocenters. The number of alkyl halides is 3. The molecule has 0 bridgehead atoms. The van der Waals surface area contributed by atoms with E-state index in [1.807, 2.05) is 6.92 Å². The minimum absolute atomic E-state index is 0.0389. The molecule has 0 saturated carbocycles.